The number of benzene rings is 2. The molecule has 2 aliphatic rings. The number of nitrogens with zero attached hydrogens (tertiary/aromatic N) is 1. The number of carbonyl (C=O) groups excluding carboxylic acids is 2. The molecular formula is C35H54N2O6Si. The summed E-state index contributed by atoms with van der Waals surface area (Å²) in [5, 5.41) is 5.13. The third-order valence-corrected chi connectivity index (χ3v) is 14.6. The van der Waals surface area contributed by atoms with Crippen molar-refractivity contribution in [2.45, 2.75) is 116 Å². The number of methoxy groups -OCH3 is 2. The summed E-state index contributed by atoms with van der Waals surface area (Å²) in [6.07, 6.45) is 3.83. The summed E-state index contributed by atoms with van der Waals surface area (Å²) in [6, 6.07) is 11.3. The van der Waals surface area contributed by atoms with Gasteiger partial charge in [0, 0.05) is 13.5 Å². The van der Waals surface area contributed by atoms with Crippen LogP contribution in [-0.2, 0) is 24.3 Å². The van der Waals surface area contributed by atoms with Gasteiger partial charge in [0.2, 0.25) is 5.91 Å². The summed E-state index contributed by atoms with van der Waals surface area (Å²) in [5.41, 5.74) is -0.277. The van der Waals surface area contributed by atoms with E-state index in [2.05, 4.69) is 57.4 Å². The van der Waals surface area contributed by atoms with Crippen LogP contribution in [0.25, 0.3) is 10.8 Å². The first-order valence-corrected chi connectivity index (χ1v) is 19.0. The topological polar surface area (TPSA) is 86.3 Å². The Bertz CT molecular complexity index is 1330. The summed E-state index contributed by atoms with van der Waals surface area (Å²) in [5.74, 6) is 0.661. The molecular weight excluding hydrogens is 572 g/mol. The van der Waals surface area contributed by atoms with Gasteiger partial charge in [0.25, 0.3) is 0 Å². The normalized spacial score (nSPS) is 22.3. The number of alkyl carbamates (subject to hydrolysis) is 1. The lowest BCUT2D eigenvalue weighted by molar-refractivity contribution is -0.138. The van der Waals surface area contributed by atoms with Gasteiger partial charge in [0.05, 0.1) is 26.3 Å². The van der Waals surface area contributed by atoms with Crippen LogP contribution in [0.2, 0.25) is 18.1 Å². The number of ether oxygens (including phenoxy) is 3. The number of rotatable bonds is 9. The van der Waals surface area contributed by atoms with Gasteiger partial charge >= 0.3 is 6.09 Å². The number of carbonyl (C=O) groups is 2. The number of hydrogen-bond acceptors (Lipinski definition) is 6. The molecule has 4 rings (SSSR count). The van der Waals surface area contributed by atoms with E-state index in [0.29, 0.717) is 19.6 Å². The lowest BCUT2D eigenvalue weighted by atomic mass is 9.85. The number of amides is 2. The van der Waals surface area contributed by atoms with Crippen molar-refractivity contribution in [3.8, 4) is 5.75 Å². The second-order valence-electron chi connectivity index (χ2n) is 15.3. The maximum atomic E-state index is 14.6. The van der Waals surface area contributed by atoms with Crippen molar-refractivity contribution in [3.05, 3.63) is 42.0 Å². The van der Waals surface area contributed by atoms with E-state index < -0.39 is 31.5 Å². The maximum Gasteiger partial charge on any atom is 0.408 e. The molecule has 3 atom stereocenters. The molecule has 2 aromatic carbocycles. The predicted octanol–water partition coefficient (Wildman–Crippen LogP) is 7.40. The Morgan fingerprint density at radius 1 is 1.00 bits per heavy atom. The highest BCUT2D eigenvalue weighted by atomic mass is 28.4. The lowest BCUT2D eigenvalue weighted by Gasteiger charge is -2.39. The van der Waals surface area contributed by atoms with E-state index in [0.717, 1.165) is 47.8 Å². The quantitative estimate of drug-likeness (QED) is 0.292. The Morgan fingerprint density at radius 2 is 1.64 bits per heavy atom. The minimum atomic E-state index is -2.11. The van der Waals surface area contributed by atoms with E-state index in [-0.39, 0.29) is 23.1 Å². The van der Waals surface area contributed by atoms with Crippen molar-refractivity contribution in [1.29, 1.82) is 0 Å². The first kappa shape index (κ1) is 34.3. The van der Waals surface area contributed by atoms with Gasteiger partial charge in [-0.2, -0.15) is 0 Å². The predicted molar refractivity (Wildman–Crippen MR) is 178 cm³/mol. The van der Waals surface area contributed by atoms with Crippen LogP contribution in [0.3, 0.4) is 0 Å². The Balaban J connectivity index is 1.67. The molecule has 1 saturated heterocycles. The van der Waals surface area contributed by atoms with E-state index in [1.54, 1.807) is 14.2 Å². The standard InChI is InChI=1S/C35H54N2O6Si/c1-33(2,3)30(36-32(39)43-28-13-11-12-14-28)31(38)37-23-35(41-8,21-27(37)22-42-44(9,10)34(4,5)6)26-17-15-25-20-29(40-7)18-16-24(25)19-26/h15-20,27-28,30H,11-14,21-23H2,1-10H3,(H,36,39)/t27-,30+,35-/m0/s1. The minimum Gasteiger partial charge on any atom is -0.497 e. The highest BCUT2D eigenvalue weighted by Gasteiger charge is 2.51. The Morgan fingerprint density at radius 3 is 2.23 bits per heavy atom. The summed E-state index contributed by atoms with van der Waals surface area (Å²) in [6.45, 7) is 17.8. The van der Waals surface area contributed by atoms with Crippen molar-refractivity contribution < 1.29 is 28.2 Å². The number of nitrogens with one attached hydrogen (secondary N) is 1. The Kier molecular flexibility index (Phi) is 10.1. The summed E-state index contributed by atoms with van der Waals surface area (Å²) >= 11 is 0. The maximum absolute atomic E-state index is 14.6. The van der Waals surface area contributed by atoms with Crippen molar-refractivity contribution in [2.75, 3.05) is 27.4 Å². The zero-order valence-electron chi connectivity index (χ0n) is 28.5. The van der Waals surface area contributed by atoms with E-state index in [1.165, 1.54) is 0 Å². The van der Waals surface area contributed by atoms with E-state index >= 15 is 0 Å². The molecule has 2 amide bonds. The van der Waals surface area contributed by atoms with E-state index in [1.807, 2.05) is 43.9 Å². The second-order valence-corrected chi connectivity index (χ2v) is 20.1. The van der Waals surface area contributed by atoms with Crippen LogP contribution in [0.15, 0.2) is 36.4 Å². The summed E-state index contributed by atoms with van der Waals surface area (Å²) in [7, 11) is 1.28. The van der Waals surface area contributed by atoms with Crippen LogP contribution in [0, 0.1) is 5.41 Å². The molecule has 2 fully saturated rings. The third-order valence-electron chi connectivity index (χ3n) is 10.1. The molecule has 44 heavy (non-hydrogen) atoms. The lowest BCUT2D eigenvalue weighted by Crippen LogP contribution is -2.57. The summed E-state index contributed by atoms with van der Waals surface area (Å²) < 4.78 is 24.2. The molecule has 0 spiro atoms. The van der Waals surface area contributed by atoms with Gasteiger partial charge in [0.1, 0.15) is 23.5 Å². The van der Waals surface area contributed by atoms with E-state index in [4.69, 9.17) is 18.6 Å². The van der Waals surface area contributed by atoms with Crippen LogP contribution in [0.5, 0.6) is 5.75 Å². The Labute approximate surface area is 265 Å². The molecule has 0 aromatic heterocycles. The molecule has 1 N–H and O–H groups in total. The van der Waals surface area contributed by atoms with Crippen molar-refractivity contribution in [3.63, 3.8) is 0 Å². The van der Waals surface area contributed by atoms with E-state index in [9.17, 15) is 9.59 Å². The van der Waals surface area contributed by atoms with Crippen LogP contribution in [0.4, 0.5) is 4.79 Å². The largest absolute Gasteiger partial charge is 0.497 e. The van der Waals surface area contributed by atoms with Crippen LogP contribution in [-0.4, -0.2) is 70.8 Å². The molecule has 8 nitrogen and oxygen atoms in total. The summed E-state index contributed by atoms with van der Waals surface area (Å²) in [4.78, 5) is 29.5. The monoisotopic (exact) mass is 626 g/mol. The number of hydrogen-bond donors (Lipinski definition) is 1. The fraction of sp³-hybridized carbons (Fsp3) is 0.657. The van der Waals surface area contributed by atoms with Crippen LogP contribution < -0.4 is 10.1 Å². The Hall–Kier alpha value is -2.62. The van der Waals surface area contributed by atoms with Gasteiger partial charge in [-0.15, -0.1) is 0 Å². The minimum absolute atomic E-state index is 0.0255. The average molecular weight is 627 g/mol. The van der Waals surface area contributed by atoms with Gasteiger partial charge in [-0.05, 0) is 83.8 Å². The van der Waals surface area contributed by atoms with Gasteiger partial charge in [0.15, 0.2) is 8.32 Å². The fourth-order valence-electron chi connectivity index (χ4n) is 6.12. The van der Waals surface area contributed by atoms with Gasteiger partial charge in [-0.3, -0.25) is 4.79 Å². The molecule has 1 saturated carbocycles. The fourth-order valence-corrected chi connectivity index (χ4v) is 7.16. The third kappa shape index (κ3) is 7.43. The molecule has 0 bridgehead atoms. The van der Waals surface area contributed by atoms with Crippen molar-refractivity contribution in [1.82, 2.24) is 10.2 Å². The highest BCUT2D eigenvalue weighted by Crippen LogP contribution is 2.43. The van der Waals surface area contributed by atoms with Crippen molar-refractivity contribution in [2.24, 2.45) is 5.41 Å². The van der Waals surface area contributed by atoms with Gasteiger partial charge in [-0.25, -0.2) is 4.79 Å². The zero-order chi connectivity index (χ0) is 32.5. The molecule has 1 aliphatic heterocycles. The molecule has 9 heteroatoms. The van der Waals surface area contributed by atoms with Crippen LogP contribution in [0.1, 0.15) is 79.2 Å². The molecule has 1 heterocycles. The number of fused-ring (bicyclic) bond motifs is 1. The molecule has 0 radical (unpaired) electrons. The first-order valence-electron chi connectivity index (χ1n) is 16.0. The number of likely N-dealkylation sites (tertiary alicyclic amines) is 1. The first-order chi connectivity index (χ1) is 20.5. The SMILES string of the molecule is COc1ccc2cc([C@]3(OC)C[C@@H](CO[Si](C)(C)C(C)(C)C)N(C(=O)[C@@H](NC(=O)OC4CCCC4)C(C)(C)C)C3)ccc2c1. The molecule has 1 aliphatic carbocycles. The second kappa shape index (κ2) is 13.0. The molecule has 2 aromatic rings. The average Bonchev–Trinajstić information content (AvgIpc) is 3.61. The van der Waals surface area contributed by atoms with Crippen molar-refractivity contribution >= 4 is 31.1 Å². The van der Waals surface area contributed by atoms with Gasteiger partial charge < -0.3 is 28.9 Å². The highest BCUT2D eigenvalue weighted by molar-refractivity contribution is 6.74. The zero-order valence-corrected chi connectivity index (χ0v) is 29.5. The smallest absolute Gasteiger partial charge is 0.408 e. The van der Waals surface area contributed by atoms with Gasteiger partial charge in [-0.1, -0.05) is 59.7 Å². The van der Waals surface area contributed by atoms with Crippen LogP contribution >= 0.6 is 0 Å². The molecule has 0 unspecified atom stereocenters. The molecule has 244 valence electrons.